The third kappa shape index (κ3) is 2.74. The lowest BCUT2D eigenvalue weighted by Gasteiger charge is -2.23. The lowest BCUT2D eigenvalue weighted by Crippen LogP contribution is -2.39. The van der Waals surface area contributed by atoms with Crippen LogP contribution in [0.1, 0.15) is 12.0 Å². The number of fused-ring (bicyclic) bond motifs is 1. The number of hydrogen-bond donors (Lipinski definition) is 2. The summed E-state index contributed by atoms with van der Waals surface area (Å²) in [5.41, 5.74) is 2.07. The summed E-state index contributed by atoms with van der Waals surface area (Å²) >= 11 is 0. The van der Waals surface area contributed by atoms with Crippen LogP contribution in [0.3, 0.4) is 0 Å². The molecule has 0 bridgehead atoms. The molecule has 0 saturated carbocycles. The van der Waals surface area contributed by atoms with Crippen molar-refractivity contribution < 1.29 is 9.90 Å². The number of H-pyrrole nitrogens is 1. The van der Waals surface area contributed by atoms with E-state index >= 15 is 0 Å². The van der Waals surface area contributed by atoms with Crippen LogP contribution in [0.25, 0.3) is 10.9 Å². The van der Waals surface area contributed by atoms with E-state index in [0.717, 1.165) is 22.9 Å². The van der Waals surface area contributed by atoms with Crippen LogP contribution in [-0.4, -0.2) is 65.1 Å². The smallest absolute Gasteiger partial charge is 0.227 e. The molecule has 0 aliphatic carbocycles. The predicted octanol–water partition coefficient (Wildman–Crippen LogP) is 1.23. The molecule has 0 spiro atoms. The highest BCUT2D eigenvalue weighted by atomic mass is 16.3. The first-order valence-electron chi connectivity index (χ1n) is 7.72. The molecular weight excluding hydrogens is 278 g/mol. The number of rotatable bonds is 4. The van der Waals surface area contributed by atoms with Gasteiger partial charge in [-0.25, -0.2) is 0 Å². The Morgan fingerprint density at radius 3 is 2.91 bits per heavy atom. The third-order valence-electron chi connectivity index (χ3n) is 4.67. The Balaban J connectivity index is 1.76. The van der Waals surface area contributed by atoms with Crippen LogP contribution >= 0.6 is 0 Å². The molecule has 3 rings (SSSR count). The van der Waals surface area contributed by atoms with E-state index in [1.807, 2.05) is 49.5 Å². The van der Waals surface area contributed by atoms with Gasteiger partial charge in [-0.2, -0.15) is 0 Å². The van der Waals surface area contributed by atoms with Gasteiger partial charge in [0.1, 0.15) is 0 Å². The van der Waals surface area contributed by atoms with Crippen molar-refractivity contribution in [3.63, 3.8) is 0 Å². The molecule has 1 aliphatic heterocycles. The molecule has 118 valence electrons. The Hall–Kier alpha value is -1.85. The first-order valence-corrected chi connectivity index (χ1v) is 7.72. The van der Waals surface area contributed by atoms with Crippen molar-refractivity contribution in [2.45, 2.75) is 24.9 Å². The normalized spacial score (nSPS) is 21.9. The summed E-state index contributed by atoms with van der Waals surface area (Å²) in [6, 6.07) is 8.27. The van der Waals surface area contributed by atoms with Crippen LogP contribution in [0.15, 0.2) is 30.5 Å². The summed E-state index contributed by atoms with van der Waals surface area (Å²) in [6.45, 7) is 0.726. The number of carbonyl (C=O) groups is 1. The zero-order valence-electron chi connectivity index (χ0n) is 13.1. The quantitative estimate of drug-likeness (QED) is 0.893. The molecule has 0 radical (unpaired) electrons. The van der Waals surface area contributed by atoms with Crippen LogP contribution < -0.4 is 0 Å². The third-order valence-corrected chi connectivity index (χ3v) is 4.67. The minimum atomic E-state index is -0.0647. The van der Waals surface area contributed by atoms with E-state index in [0.29, 0.717) is 19.0 Å². The molecule has 1 aromatic heterocycles. The van der Waals surface area contributed by atoms with Crippen molar-refractivity contribution in [1.82, 2.24) is 14.8 Å². The largest absolute Gasteiger partial charge is 0.394 e. The van der Waals surface area contributed by atoms with Gasteiger partial charge in [-0.3, -0.25) is 4.79 Å². The van der Waals surface area contributed by atoms with Crippen LogP contribution in [0.4, 0.5) is 0 Å². The van der Waals surface area contributed by atoms with E-state index in [4.69, 9.17) is 0 Å². The minimum Gasteiger partial charge on any atom is -0.394 e. The number of hydrogen-bond acceptors (Lipinski definition) is 3. The van der Waals surface area contributed by atoms with Gasteiger partial charge < -0.3 is 19.9 Å². The summed E-state index contributed by atoms with van der Waals surface area (Å²) in [5.74, 6) is 0.0909. The number of aliphatic hydroxyl groups excluding tert-OH is 1. The van der Waals surface area contributed by atoms with E-state index in [9.17, 15) is 9.90 Å². The monoisotopic (exact) mass is 301 g/mol. The molecule has 1 amide bonds. The van der Waals surface area contributed by atoms with Crippen molar-refractivity contribution in [2.75, 3.05) is 27.2 Å². The molecule has 0 unspecified atom stereocenters. The first-order chi connectivity index (χ1) is 10.6. The second-order valence-electron chi connectivity index (χ2n) is 6.27. The number of para-hydroxylation sites is 1. The molecule has 5 nitrogen and oxygen atoms in total. The van der Waals surface area contributed by atoms with Crippen molar-refractivity contribution >= 4 is 16.8 Å². The number of benzene rings is 1. The number of nitrogens with zero attached hydrogens (tertiary/aromatic N) is 2. The Morgan fingerprint density at radius 2 is 2.18 bits per heavy atom. The Morgan fingerprint density at radius 1 is 1.41 bits per heavy atom. The number of carbonyl (C=O) groups excluding carboxylic acids is 1. The fourth-order valence-electron chi connectivity index (χ4n) is 3.29. The molecule has 2 heterocycles. The number of aromatic nitrogens is 1. The number of amides is 1. The minimum absolute atomic E-state index is 0.0317. The van der Waals surface area contributed by atoms with Gasteiger partial charge in [0.15, 0.2) is 0 Å². The molecular formula is C17H23N3O2. The van der Waals surface area contributed by atoms with Crippen LogP contribution in [0.5, 0.6) is 0 Å². The first kappa shape index (κ1) is 15.1. The highest BCUT2D eigenvalue weighted by Crippen LogP contribution is 2.24. The summed E-state index contributed by atoms with van der Waals surface area (Å²) in [6.07, 6.45) is 3.12. The number of aromatic amines is 1. The second kappa shape index (κ2) is 6.10. The van der Waals surface area contributed by atoms with Gasteiger partial charge in [0.25, 0.3) is 0 Å². The molecule has 2 N–H and O–H groups in total. The molecule has 22 heavy (non-hydrogen) atoms. The van der Waals surface area contributed by atoms with Crippen molar-refractivity contribution in [2.24, 2.45) is 0 Å². The Bertz CT molecular complexity index is 665. The summed E-state index contributed by atoms with van der Waals surface area (Å²) in [5, 5.41) is 10.7. The average Bonchev–Trinajstić information content (AvgIpc) is 3.12. The van der Waals surface area contributed by atoms with Gasteiger partial charge in [-0.15, -0.1) is 0 Å². The molecule has 5 heteroatoms. The van der Waals surface area contributed by atoms with E-state index in [-0.39, 0.29) is 18.6 Å². The van der Waals surface area contributed by atoms with Gasteiger partial charge in [0.05, 0.1) is 19.1 Å². The van der Waals surface area contributed by atoms with E-state index in [1.165, 1.54) is 0 Å². The summed E-state index contributed by atoms with van der Waals surface area (Å²) in [7, 11) is 4.04. The van der Waals surface area contributed by atoms with E-state index in [1.54, 1.807) is 0 Å². The topological polar surface area (TPSA) is 59.6 Å². The van der Waals surface area contributed by atoms with Gasteiger partial charge in [0, 0.05) is 29.7 Å². The lowest BCUT2D eigenvalue weighted by molar-refractivity contribution is -0.132. The van der Waals surface area contributed by atoms with Crippen molar-refractivity contribution in [3.05, 3.63) is 36.0 Å². The maximum Gasteiger partial charge on any atom is 0.227 e. The predicted molar refractivity (Wildman–Crippen MR) is 86.7 cm³/mol. The Kier molecular flexibility index (Phi) is 4.18. The number of likely N-dealkylation sites (tertiary alicyclic amines) is 1. The van der Waals surface area contributed by atoms with Gasteiger partial charge in [-0.1, -0.05) is 18.2 Å². The molecule has 1 aromatic carbocycles. The summed E-state index contributed by atoms with van der Waals surface area (Å²) < 4.78 is 0. The van der Waals surface area contributed by atoms with Crippen LogP contribution in [0, 0.1) is 0 Å². The van der Waals surface area contributed by atoms with Crippen LogP contribution in [0.2, 0.25) is 0 Å². The summed E-state index contributed by atoms with van der Waals surface area (Å²) in [4.78, 5) is 19.9. The standard InChI is InChI=1S/C17H23N3O2/c1-19(2)13-8-14(11-21)20(10-13)17(22)7-12-9-18-16-6-4-3-5-15(12)16/h3-6,9,13-14,18,21H,7-8,10-11H2,1-2H3/t13-,14+/m1/s1. The number of aliphatic hydroxyl groups is 1. The maximum atomic E-state index is 12.7. The van der Waals surface area contributed by atoms with Gasteiger partial charge >= 0.3 is 0 Å². The van der Waals surface area contributed by atoms with Crippen molar-refractivity contribution in [1.29, 1.82) is 0 Å². The highest BCUT2D eigenvalue weighted by Gasteiger charge is 2.35. The molecule has 2 aromatic rings. The fraction of sp³-hybridized carbons (Fsp3) is 0.471. The Labute approximate surface area is 130 Å². The molecule has 2 atom stereocenters. The molecule has 1 aliphatic rings. The maximum absolute atomic E-state index is 12.7. The number of likely N-dealkylation sites (N-methyl/N-ethyl adjacent to an activating group) is 1. The second-order valence-corrected chi connectivity index (χ2v) is 6.27. The lowest BCUT2D eigenvalue weighted by atomic mass is 10.1. The molecule has 1 fully saturated rings. The fourth-order valence-corrected chi connectivity index (χ4v) is 3.29. The van der Waals surface area contributed by atoms with E-state index in [2.05, 4.69) is 9.88 Å². The zero-order valence-corrected chi connectivity index (χ0v) is 13.1. The van der Waals surface area contributed by atoms with Gasteiger partial charge in [0.2, 0.25) is 5.91 Å². The highest BCUT2D eigenvalue weighted by molar-refractivity contribution is 5.89. The van der Waals surface area contributed by atoms with E-state index < -0.39 is 0 Å². The van der Waals surface area contributed by atoms with Crippen LogP contribution in [-0.2, 0) is 11.2 Å². The van der Waals surface area contributed by atoms with Crippen molar-refractivity contribution in [3.8, 4) is 0 Å². The molecule has 1 saturated heterocycles. The SMILES string of the molecule is CN(C)[C@@H]1C[C@@H](CO)N(C(=O)Cc2c[nH]c3ccccc23)C1. The number of nitrogens with one attached hydrogen (secondary N) is 1. The van der Waals surface area contributed by atoms with Gasteiger partial charge in [-0.05, 0) is 32.1 Å². The zero-order chi connectivity index (χ0) is 15.7. The average molecular weight is 301 g/mol.